The number of benzene rings is 1. The standard InChI is InChI=1S/C13H11ClF3NOS/c1-18-11(12-10(14)5-6-20-12)8-3-2-4-9(7-8)19-13(15,16)17/h2-7,11,18H,1H3. The summed E-state index contributed by atoms with van der Waals surface area (Å²) < 4.78 is 40.6. The van der Waals surface area contributed by atoms with Crippen molar-refractivity contribution in [1.29, 1.82) is 0 Å². The van der Waals surface area contributed by atoms with E-state index in [0.29, 0.717) is 10.6 Å². The molecule has 1 unspecified atom stereocenters. The molecule has 2 nitrogen and oxygen atoms in total. The minimum Gasteiger partial charge on any atom is -0.406 e. The van der Waals surface area contributed by atoms with Crippen molar-refractivity contribution in [2.24, 2.45) is 0 Å². The largest absolute Gasteiger partial charge is 0.573 e. The van der Waals surface area contributed by atoms with Gasteiger partial charge in [-0.2, -0.15) is 0 Å². The summed E-state index contributed by atoms with van der Waals surface area (Å²) >= 11 is 7.51. The molecule has 0 saturated carbocycles. The van der Waals surface area contributed by atoms with E-state index < -0.39 is 6.36 Å². The molecule has 1 aromatic carbocycles. The van der Waals surface area contributed by atoms with Gasteiger partial charge in [-0.15, -0.1) is 24.5 Å². The highest BCUT2D eigenvalue weighted by atomic mass is 35.5. The lowest BCUT2D eigenvalue weighted by atomic mass is 10.1. The fourth-order valence-corrected chi connectivity index (χ4v) is 3.15. The van der Waals surface area contributed by atoms with Crippen LogP contribution in [0.1, 0.15) is 16.5 Å². The fourth-order valence-electron chi connectivity index (χ4n) is 1.85. The molecule has 0 radical (unpaired) electrons. The Morgan fingerprint density at radius 3 is 2.60 bits per heavy atom. The lowest BCUT2D eigenvalue weighted by Gasteiger charge is -2.17. The number of hydrogen-bond donors (Lipinski definition) is 1. The molecule has 0 aliphatic heterocycles. The smallest absolute Gasteiger partial charge is 0.406 e. The van der Waals surface area contributed by atoms with E-state index >= 15 is 0 Å². The van der Waals surface area contributed by atoms with Crippen molar-refractivity contribution >= 4 is 22.9 Å². The summed E-state index contributed by atoms with van der Waals surface area (Å²) in [5.41, 5.74) is 0.651. The number of alkyl halides is 3. The molecule has 0 fully saturated rings. The summed E-state index contributed by atoms with van der Waals surface area (Å²) in [5.74, 6) is -0.247. The summed E-state index contributed by atoms with van der Waals surface area (Å²) in [6, 6.07) is 7.33. The first-order valence-corrected chi connectivity index (χ1v) is 6.92. The van der Waals surface area contributed by atoms with Crippen LogP contribution in [-0.4, -0.2) is 13.4 Å². The maximum absolute atomic E-state index is 12.2. The Bertz CT molecular complexity index is 585. The lowest BCUT2D eigenvalue weighted by molar-refractivity contribution is -0.274. The van der Waals surface area contributed by atoms with Crippen LogP contribution < -0.4 is 10.1 Å². The highest BCUT2D eigenvalue weighted by Gasteiger charge is 2.31. The van der Waals surface area contributed by atoms with Crippen LogP contribution in [0.4, 0.5) is 13.2 Å². The van der Waals surface area contributed by atoms with E-state index in [1.807, 2.05) is 5.38 Å². The van der Waals surface area contributed by atoms with E-state index in [9.17, 15) is 13.2 Å². The van der Waals surface area contributed by atoms with Crippen molar-refractivity contribution in [3.63, 3.8) is 0 Å². The van der Waals surface area contributed by atoms with E-state index in [-0.39, 0.29) is 11.8 Å². The Kier molecular flexibility index (Phi) is 4.57. The van der Waals surface area contributed by atoms with Crippen molar-refractivity contribution < 1.29 is 17.9 Å². The van der Waals surface area contributed by atoms with Gasteiger partial charge in [-0.05, 0) is 36.2 Å². The highest BCUT2D eigenvalue weighted by Crippen LogP contribution is 2.34. The average molecular weight is 322 g/mol. The third kappa shape index (κ3) is 3.65. The third-order valence-corrected chi connectivity index (χ3v) is 4.04. The number of halogens is 4. The van der Waals surface area contributed by atoms with Gasteiger partial charge in [0.05, 0.1) is 11.1 Å². The summed E-state index contributed by atoms with van der Waals surface area (Å²) in [7, 11) is 1.72. The molecule has 1 heterocycles. The van der Waals surface area contributed by atoms with Crippen molar-refractivity contribution in [2.75, 3.05) is 7.05 Å². The van der Waals surface area contributed by atoms with Crippen LogP contribution in [0.2, 0.25) is 5.02 Å². The Balaban J connectivity index is 2.32. The first-order valence-electron chi connectivity index (χ1n) is 5.66. The van der Waals surface area contributed by atoms with Crippen LogP contribution in [0.25, 0.3) is 0 Å². The molecule has 108 valence electrons. The number of rotatable bonds is 4. The van der Waals surface area contributed by atoms with Gasteiger partial charge in [0.2, 0.25) is 0 Å². The topological polar surface area (TPSA) is 21.3 Å². The van der Waals surface area contributed by atoms with Gasteiger partial charge in [-0.1, -0.05) is 23.7 Å². The number of ether oxygens (including phenoxy) is 1. The van der Waals surface area contributed by atoms with Crippen LogP contribution in [-0.2, 0) is 0 Å². The normalized spacial score (nSPS) is 13.2. The zero-order chi connectivity index (χ0) is 14.8. The molecule has 0 amide bonds. The van der Waals surface area contributed by atoms with Gasteiger partial charge in [-0.3, -0.25) is 0 Å². The van der Waals surface area contributed by atoms with Gasteiger partial charge < -0.3 is 10.1 Å². The minimum absolute atomic E-state index is 0.247. The molecule has 1 aromatic heterocycles. The second-order valence-corrected chi connectivity index (χ2v) is 5.33. The molecule has 0 aliphatic rings. The van der Waals surface area contributed by atoms with Gasteiger partial charge in [0.15, 0.2) is 0 Å². The Morgan fingerprint density at radius 1 is 1.30 bits per heavy atom. The second kappa shape index (κ2) is 6.03. The Morgan fingerprint density at radius 2 is 2.05 bits per heavy atom. The van der Waals surface area contributed by atoms with Gasteiger partial charge in [0.25, 0.3) is 0 Å². The minimum atomic E-state index is -4.70. The third-order valence-electron chi connectivity index (χ3n) is 2.62. The van der Waals surface area contributed by atoms with Crippen molar-refractivity contribution in [2.45, 2.75) is 12.4 Å². The van der Waals surface area contributed by atoms with Crippen LogP contribution >= 0.6 is 22.9 Å². The second-order valence-electron chi connectivity index (χ2n) is 3.97. The van der Waals surface area contributed by atoms with Gasteiger partial charge >= 0.3 is 6.36 Å². The zero-order valence-corrected chi connectivity index (χ0v) is 11.9. The number of hydrogen-bond acceptors (Lipinski definition) is 3. The van der Waals surface area contributed by atoms with E-state index in [1.54, 1.807) is 19.2 Å². The highest BCUT2D eigenvalue weighted by molar-refractivity contribution is 7.10. The van der Waals surface area contributed by atoms with E-state index in [0.717, 1.165) is 4.88 Å². The monoisotopic (exact) mass is 321 g/mol. The van der Waals surface area contributed by atoms with Crippen LogP contribution in [0, 0.1) is 0 Å². The van der Waals surface area contributed by atoms with Crippen molar-refractivity contribution in [1.82, 2.24) is 5.32 Å². The molecule has 1 N–H and O–H groups in total. The molecule has 2 aromatic rings. The van der Waals surface area contributed by atoms with Crippen molar-refractivity contribution in [3.8, 4) is 5.75 Å². The van der Waals surface area contributed by atoms with Gasteiger partial charge in [-0.25, -0.2) is 0 Å². The predicted molar refractivity (Wildman–Crippen MR) is 73.4 cm³/mol. The van der Waals surface area contributed by atoms with Crippen molar-refractivity contribution in [3.05, 3.63) is 51.2 Å². The van der Waals surface area contributed by atoms with Gasteiger partial charge in [0, 0.05) is 4.88 Å². The molecule has 0 aliphatic carbocycles. The molecular weight excluding hydrogens is 311 g/mol. The number of thiophene rings is 1. The zero-order valence-electron chi connectivity index (χ0n) is 10.4. The predicted octanol–water partition coefficient (Wildman–Crippen LogP) is 4.61. The molecule has 0 saturated heterocycles. The summed E-state index contributed by atoms with van der Waals surface area (Å²) in [5, 5.41) is 5.45. The Hall–Kier alpha value is -1.24. The lowest BCUT2D eigenvalue weighted by Crippen LogP contribution is -2.19. The first kappa shape index (κ1) is 15.2. The van der Waals surface area contributed by atoms with Crippen LogP contribution in [0.3, 0.4) is 0 Å². The first-order chi connectivity index (χ1) is 9.40. The average Bonchev–Trinajstić information content (AvgIpc) is 2.75. The summed E-state index contributed by atoms with van der Waals surface area (Å²) in [6.07, 6.45) is -4.70. The quantitative estimate of drug-likeness (QED) is 0.888. The maximum Gasteiger partial charge on any atom is 0.573 e. The number of nitrogens with one attached hydrogen (secondary N) is 1. The van der Waals surface area contributed by atoms with E-state index in [4.69, 9.17) is 11.6 Å². The van der Waals surface area contributed by atoms with E-state index in [2.05, 4.69) is 10.1 Å². The maximum atomic E-state index is 12.2. The summed E-state index contributed by atoms with van der Waals surface area (Å²) in [6.45, 7) is 0. The molecule has 1 atom stereocenters. The van der Waals surface area contributed by atoms with Crippen LogP contribution in [0.15, 0.2) is 35.7 Å². The molecule has 2 rings (SSSR count). The van der Waals surface area contributed by atoms with Crippen LogP contribution in [0.5, 0.6) is 5.75 Å². The molecule has 20 heavy (non-hydrogen) atoms. The molecule has 0 bridgehead atoms. The summed E-state index contributed by atoms with van der Waals surface area (Å²) in [4.78, 5) is 0.846. The van der Waals surface area contributed by atoms with Gasteiger partial charge in [0.1, 0.15) is 5.75 Å². The molecule has 0 spiro atoms. The van der Waals surface area contributed by atoms with E-state index in [1.165, 1.54) is 29.5 Å². The molecule has 7 heteroatoms. The molecular formula is C13H11ClF3NOS. The fraction of sp³-hybridized carbons (Fsp3) is 0.231. The SMILES string of the molecule is CNC(c1cccc(OC(F)(F)F)c1)c1sccc1Cl. The Labute approximate surface area is 123 Å².